The number of rotatable bonds is 2. The topological polar surface area (TPSA) is 64.6 Å². The Balaban J connectivity index is 2.09. The second kappa shape index (κ2) is 4.77. The first-order valence-corrected chi connectivity index (χ1v) is 6.05. The van der Waals surface area contributed by atoms with Gasteiger partial charge in [0.15, 0.2) is 0 Å². The molecule has 0 bridgehead atoms. The van der Waals surface area contributed by atoms with Crippen LogP contribution in [0.3, 0.4) is 0 Å². The molecule has 0 aromatic heterocycles. The minimum atomic E-state index is -0.736. The number of carbonyl (C=O) groups is 2. The summed E-state index contributed by atoms with van der Waals surface area (Å²) in [5, 5.41) is 2.90. The molecule has 1 aliphatic carbocycles. The second-order valence-electron chi connectivity index (χ2n) is 4.43. The predicted octanol–water partition coefficient (Wildman–Crippen LogP) is 1.88. The second-order valence-corrected chi connectivity index (χ2v) is 4.43. The van der Waals surface area contributed by atoms with E-state index in [-0.39, 0.29) is 12.5 Å². The highest BCUT2D eigenvalue weighted by molar-refractivity contribution is 5.92. The van der Waals surface area contributed by atoms with Gasteiger partial charge in [-0.2, -0.15) is 0 Å². The summed E-state index contributed by atoms with van der Waals surface area (Å²) in [4.78, 5) is 22.8. The van der Waals surface area contributed by atoms with E-state index >= 15 is 0 Å². The zero-order chi connectivity index (χ0) is 12.3. The third-order valence-electron chi connectivity index (χ3n) is 3.26. The number of amides is 1. The summed E-state index contributed by atoms with van der Waals surface area (Å²) >= 11 is 0. The Bertz CT molecular complexity index is 356. The molecular weight excluding hydrogens is 222 g/mol. The Hall–Kier alpha value is -1.52. The van der Waals surface area contributed by atoms with E-state index in [1.165, 1.54) is 6.08 Å². The lowest BCUT2D eigenvalue weighted by molar-refractivity contribution is -0.117. The first-order chi connectivity index (χ1) is 8.16. The number of carbonyl (C=O) groups excluding carboxylic acids is 2. The average Bonchev–Trinajstić information content (AvgIpc) is 2.56. The van der Waals surface area contributed by atoms with Crippen LogP contribution in [-0.4, -0.2) is 24.2 Å². The van der Waals surface area contributed by atoms with Gasteiger partial charge in [-0.1, -0.05) is 19.3 Å². The fraction of sp³-hybridized carbons (Fsp3) is 0.667. The van der Waals surface area contributed by atoms with Crippen molar-refractivity contribution in [1.82, 2.24) is 5.32 Å². The molecule has 0 radical (unpaired) electrons. The summed E-state index contributed by atoms with van der Waals surface area (Å²) in [5.41, 5.74) is -0.470. The molecule has 1 N–H and O–H groups in total. The van der Waals surface area contributed by atoms with Crippen LogP contribution < -0.4 is 5.32 Å². The first kappa shape index (κ1) is 12.0. The molecule has 1 spiro atoms. The molecule has 5 heteroatoms. The minimum absolute atomic E-state index is 0.189. The lowest BCUT2D eigenvalue weighted by atomic mass is 9.81. The SMILES string of the molecule is CCOC(=O)OC1=CC(=O)NC12CCCCC2. The Labute approximate surface area is 100 Å². The Kier molecular flexibility index (Phi) is 3.36. The molecule has 17 heavy (non-hydrogen) atoms. The molecule has 2 rings (SSSR count). The quantitative estimate of drug-likeness (QED) is 0.747. The highest BCUT2D eigenvalue weighted by atomic mass is 16.7. The van der Waals surface area contributed by atoms with Crippen molar-refractivity contribution in [1.29, 1.82) is 0 Å². The van der Waals surface area contributed by atoms with Gasteiger partial charge in [0.05, 0.1) is 12.1 Å². The molecule has 1 fully saturated rings. The van der Waals surface area contributed by atoms with Crippen molar-refractivity contribution in [3.63, 3.8) is 0 Å². The van der Waals surface area contributed by atoms with Crippen molar-refractivity contribution in [2.75, 3.05) is 6.61 Å². The van der Waals surface area contributed by atoms with Gasteiger partial charge in [0.2, 0.25) is 5.91 Å². The van der Waals surface area contributed by atoms with Crippen LogP contribution in [0.5, 0.6) is 0 Å². The molecule has 94 valence electrons. The smallest absolute Gasteiger partial charge is 0.434 e. The summed E-state index contributed by atoms with van der Waals surface area (Å²) in [6.45, 7) is 1.98. The van der Waals surface area contributed by atoms with Crippen LogP contribution >= 0.6 is 0 Å². The monoisotopic (exact) mass is 239 g/mol. The average molecular weight is 239 g/mol. The maximum Gasteiger partial charge on any atom is 0.513 e. The molecule has 1 aliphatic heterocycles. The molecule has 1 amide bonds. The molecule has 0 aromatic rings. The number of hydrogen-bond acceptors (Lipinski definition) is 4. The van der Waals surface area contributed by atoms with Gasteiger partial charge in [0, 0.05) is 6.08 Å². The van der Waals surface area contributed by atoms with Gasteiger partial charge < -0.3 is 14.8 Å². The fourth-order valence-electron chi connectivity index (χ4n) is 2.48. The standard InChI is InChI=1S/C12H17NO4/c1-2-16-11(15)17-9-8-10(14)13-12(9)6-4-3-5-7-12/h8H,2-7H2,1H3,(H,13,14). The summed E-state index contributed by atoms with van der Waals surface area (Å²) in [5.74, 6) is 0.229. The van der Waals surface area contributed by atoms with Crippen LogP contribution in [0.1, 0.15) is 39.0 Å². The van der Waals surface area contributed by atoms with Crippen LogP contribution in [0.15, 0.2) is 11.8 Å². The van der Waals surface area contributed by atoms with Gasteiger partial charge in [-0.15, -0.1) is 0 Å². The minimum Gasteiger partial charge on any atom is -0.434 e. The van der Waals surface area contributed by atoms with E-state index in [4.69, 9.17) is 9.47 Å². The van der Waals surface area contributed by atoms with E-state index in [1.807, 2.05) is 0 Å². The highest BCUT2D eigenvalue weighted by Crippen LogP contribution is 2.37. The normalized spacial score (nSPS) is 21.9. The van der Waals surface area contributed by atoms with E-state index < -0.39 is 11.7 Å². The lowest BCUT2D eigenvalue weighted by Crippen LogP contribution is -2.46. The van der Waals surface area contributed by atoms with Crippen LogP contribution in [0.25, 0.3) is 0 Å². The van der Waals surface area contributed by atoms with E-state index in [1.54, 1.807) is 6.92 Å². The van der Waals surface area contributed by atoms with Gasteiger partial charge in [0.25, 0.3) is 0 Å². The first-order valence-electron chi connectivity index (χ1n) is 6.05. The van der Waals surface area contributed by atoms with Crippen LogP contribution in [0.4, 0.5) is 4.79 Å². The maximum atomic E-state index is 11.4. The molecule has 1 heterocycles. The summed E-state index contributed by atoms with van der Waals surface area (Å²) in [6.07, 6.45) is 5.49. The molecule has 2 aliphatic rings. The fourth-order valence-corrected chi connectivity index (χ4v) is 2.48. The van der Waals surface area contributed by atoms with Crippen molar-refractivity contribution < 1.29 is 19.1 Å². The molecule has 0 unspecified atom stereocenters. The van der Waals surface area contributed by atoms with E-state index in [0.717, 1.165) is 32.1 Å². The summed E-state index contributed by atoms with van der Waals surface area (Å²) in [7, 11) is 0. The van der Waals surface area contributed by atoms with Gasteiger partial charge in [-0.25, -0.2) is 4.79 Å². The van der Waals surface area contributed by atoms with Gasteiger partial charge >= 0.3 is 6.16 Å². The molecule has 0 aromatic carbocycles. The molecule has 5 nitrogen and oxygen atoms in total. The predicted molar refractivity (Wildman–Crippen MR) is 60.1 cm³/mol. The highest BCUT2D eigenvalue weighted by Gasteiger charge is 2.44. The van der Waals surface area contributed by atoms with Crippen molar-refractivity contribution >= 4 is 12.1 Å². The maximum absolute atomic E-state index is 11.4. The number of nitrogens with one attached hydrogen (secondary N) is 1. The van der Waals surface area contributed by atoms with Crippen LogP contribution in [-0.2, 0) is 14.3 Å². The zero-order valence-electron chi connectivity index (χ0n) is 9.95. The molecule has 0 atom stereocenters. The number of hydrogen-bond donors (Lipinski definition) is 1. The van der Waals surface area contributed by atoms with Crippen LogP contribution in [0, 0.1) is 0 Å². The van der Waals surface area contributed by atoms with Crippen molar-refractivity contribution in [3.05, 3.63) is 11.8 Å². The van der Waals surface area contributed by atoms with E-state index in [9.17, 15) is 9.59 Å². The summed E-state index contributed by atoms with van der Waals surface area (Å²) in [6, 6.07) is 0. The van der Waals surface area contributed by atoms with E-state index in [0.29, 0.717) is 5.76 Å². The summed E-state index contributed by atoms with van der Waals surface area (Å²) < 4.78 is 9.86. The third kappa shape index (κ3) is 2.43. The van der Waals surface area contributed by atoms with Crippen molar-refractivity contribution in [2.24, 2.45) is 0 Å². The van der Waals surface area contributed by atoms with Gasteiger partial charge in [-0.3, -0.25) is 4.79 Å². The Morgan fingerprint density at radius 1 is 1.41 bits per heavy atom. The van der Waals surface area contributed by atoms with Gasteiger partial charge in [0.1, 0.15) is 5.76 Å². The Morgan fingerprint density at radius 2 is 2.12 bits per heavy atom. The molecular formula is C12H17NO4. The largest absolute Gasteiger partial charge is 0.513 e. The Morgan fingerprint density at radius 3 is 2.76 bits per heavy atom. The zero-order valence-corrected chi connectivity index (χ0v) is 9.95. The van der Waals surface area contributed by atoms with Crippen molar-refractivity contribution in [3.8, 4) is 0 Å². The lowest BCUT2D eigenvalue weighted by Gasteiger charge is -2.34. The third-order valence-corrected chi connectivity index (χ3v) is 3.26. The van der Waals surface area contributed by atoms with E-state index in [2.05, 4.69) is 5.32 Å². The molecule has 1 saturated carbocycles. The van der Waals surface area contributed by atoms with Gasteiger partial charge in [-0.05, 0) is 19.8 Å². The van der Waals surface area contributed by atoms with Crippen LogP contribution in [0.2, 0.25) is 0 Å². The molecule has 0 saturated heterocycles. The van der Waals surface area contributed by atoms with Crippen molar-refractivity contribution in [2.45, 2.75) is 44.6 Å². The number of ether oxygens (including phenoxy) is 2.